The topological polar surface area (TPSA) is 131 Å². The number of anilines is 1. The van der Waals surface area contributed by atoms with Crippen molar-refractivity contribution in [2.24, 2.45) is 0 Å². The van der Waals surface area contributed by atoms with Gasteiger partial charge in [-0.25, -0.2) is 0 Å². The molecule has 0 fully saturated rings. The third kappa shape index (κ3) is 6.39. The summed E-state index contributed by atoms with van der Waals surface area (Å²) in [5.74, 6) is -1.34. The van der Waals surface area contributed by atoms with Gasteiger partial charge in [-0.05, 0) is 12.5 Å². The summed E-state index contributed by atoms with van der Waals surface area (Å²) in [4.78, 5) is 33.0. The van der Waals surface area contributed by atoms with Gasteiger partial charge in [0, 0.05) is 6.07 Å². The number of hydrogen-bond donors (Lipinski definition) is 3. The molecule has 10 heteroatoms. The van der Waals surface area contributed by atoms with Crippen molar-refractivity contribution in [3.05, 3.63) is 28.3 Å². The smallest absolute Gasteiger partial charge is 0.320 e. The maximum atomic E-state index is 11.9. The van der Waals surface area contributed by atoms with Crippen molar-refractivity contribution in [2.75, 3.05) is 19.0 Å². The molecule has 1 aromatic rings. The number of carbonyl (C=O) groups excluding carboxylic acids is 1. The Kier molecular flexibility index (Phi) is 9.36. The van der Waals surface area contributed by atoms with Crippen LogP contribution in [0.4, 0.5) is 11.4 Å². The van der Waals surface area contributed by atoms with Gasteiger partial charge in [-0.1, -0.05) is 13.3 Å². The van der Waals surface area contributed by atoms with Crippen LogP contribution in [-0.4, -0.2) is 41.6 Å². The molecule has 0 aliphatic heterocycles. The fourth-order valence-corrected chi connectivity index (χ4v) is 1.91. The van der Waals surface area contributed by atoms with Crippen molar-refractivity contribution in [2.45, 2.75) is 25.8 Å². The number of non-ortho nitro benzene ring substituents is 1. The molecule has 134 valence electrons. The van der Waals surface area contributed by atoms with E-state index in [9.17, 15) is 19.7 Å². The van der Waals surface area contributed by atoms with Crippen LogP contribution in [0.2, 0.25) is 0 Å². The summed E-state index contributed by atoms with van der Waals surface area (Å²) in [6.07, 6.45) is 1.07. The number of carbonyl (C=O) groups is 2. The summed E-state index contributed by atoms with van der Waals surface area (Å²) in [6.45, 7) is 1.65. The molecule has 0 bridgehead atoms. The Hall–Kier alpha value is -2.39. The highest BCUT2D eigenvalue weighted by Crippen LogP contribution is 2.28. The monoisotopic (exact) mass is 361 g/mol. The zero-order valence-electron chi connectivity index (χ0n) is 13.3. The summed E-state index contributed by atoms with van der Waals surface area (Å²) >= 11 is 0. The first-order valence-corrected chi connectivity index (χ1v) is 6.97. The molecule has 0 aliphatic rings. The molecule has 0 spiro atoms. The van der Waals surface area contributed by atoms with E-state index in [1.165, 1.54) is 25.3 Å². The molecule has 1 unspecified atom stereocenters. The number of nitro benzene ring substituents is 1. The van der Waals surface area contributed by atoms with E-state index in [0.29, 0.717) is 12.8 Å². The molecule has 1 amide bonds. The van der Waals surface area contributed by atoms with Gasteiger partial charge in [0.15, 0.2) is 0 Å². The number of carboxylic acid groups (broad SMARTS) is 1. The molecule has 9 nitrogen and oxygen atoms in total. The number of nitro groups is 1. The van der Waals surface area contributed by atoms with Crippen LogP contribution in [0.25, 0.3) is 0 Å². The second kappa shape index (κ2) is 10.4. The number of aliphatic carboxylic acids is 1. The van der Waals surface area contributed by atoms with Crippen LogP contribution >= 0.6 is 12.4 Å². The number of halogens is 1. The first kappa shape index (κ1) is 21.6. The molecule has 1 rings (SSSR count). The van der Waals surface area contributed by atoms with Crippen LogP contribution in [0.3, 0.4) is 0 Å². The highest BCUT2D eigenvalue weighted by atomic mass is 35.5. The average Bonchev–Trinajstić information content (AvgIpc) is 2.51. The number of ether oxygens (including phenoxy) is 1. The normalized spacial score (nSPS) is 11.1. The summed E-state index contributed by atoms with van der Waals surface area (Å²) in [5.41, 5.74) is 0.110. The molecule has 0 radical (unpaired) electrons. The third-order valence-corrected chi connectivity index (χ3v) is 3.05. The summed E-state index contributed by atoms with van der Waals surface area (Å²) < 4.78 is 5.01. The fourth-order valence-electron chi connectivity index (χ4n) is 1.91. The molecule has 0 saturated carbocycles. The quantitative estimate of drug-likeness (QED) is 0.451. The molecule has 0 heterocycles. The van der Waals surface area contributed by atoms with E-state index in [2.05, 4.69) is 10.6 Å². The zero-order chi connectivity index (χ0) is 17.4. The van der Waals surface area contributed by atoms with E-state index in [1.54, 1.807) is 0 Å². The summed E-state index contributed by atoms with van der Waals surface area (Å²) in [5, 5.41) is 24.9. The summed E-state index contributed by atoms with van der Waals surface area (Å²) in [6, 6.07) is 2.99. The molecule has 0 aliphatic carbocycles. The van der Waals surface area contributed by atoms with Crippen molar-refractivity contribution in [1.82, 2.24) is 5.32 Å². The van der Waals surface area contributed by atoms with Gasteiger partial charge in [-0.15, -0.1) is 12.4 Å². The van der Waals surface area contributed by atoms with E-state index in [1.807, 2.05) is 6.92 Å². The Morgan fingerprint density at radius 2 is 2.08 bits per heavy atom. The minimum absolute atomic E-state index is 0. The second-order valence-electron chi connectivity index (χ2n) is 4.75. The lowest BCUT2D eigenvalue weighted by Crippen LogP contribution is -2.41. The fraction of sp³-hybridized carbons (Fsp3) is 0.429. The number of nitrogens with zero attached hydrogens (tertiary/aromatic N) is 1. The van der Waals surface area contributed by atoms with Crippen LogP contribution in [0, 0.1) is 10.1 Å². The predicted octanol–water partition coefficient (Wildman–Crippen LogP) is 1.81. The summed E-state index contributed by atoms with van der Waals surface area (Å²) in [7, 11) is 1.33. The van der Waals surface area contributed by atoms with E-state index in [4.69, 9.17) is 9.84 Å². The number of rotatable bonds is 9. The van der Waals surface area contributed by atoms with Gasteiger partial charge in [0.25, 0.3) is 5.69 Å². The second-order valence-corrected chi connectivity index (χ2v) is 4.75. The molecule has 0 saturated heterocycles. The van der Waals surface area contributed by atoms with Crippen LogP contribution in [0.5, 0.6) is 5.75 Å². The van der Waals surface area contributed by atoms with E-state index in [0.717, 1.165) is 0 Å². The zero-order valence-corrected chi connectivity index (χ0v) is 14.1. The van der Waals surface area contributed by atoms with Crippen LogP contribution in [0.15, 0.2) is 18.2 Å². The van der Waals surface area contributed by atoms with E-state index >= 15 is 0 Å². The Labute approximate surface area is 144 Å². The molecular weight excluding hydrogens is 342 g/mol. The molecule has 3 N–H and O–H groups in total. The van der Waals surface area contributed by atoms with Crippen molar-refractivity contribution in [3.63, 3.8) is 0 Å². The highest BCUT2D eigenvalue weighted by molar-refractivity contribution is 5.94. The molecule has 24 heavy (non-hydrogen) atoms. The van der Waals surface area contributed by atoms with Gasteiger partial charge in [0.05, 0.1) is 30.3 Å². The first-order valence-electron chi connectivity index (χ1n) is 6.97. The minimum Gasteiger partial charge on any atom is -0.494 e. The van der Waals surface area contributed by atoms with Gasteiger partial charge in [-0.3, -0.25) is 25.0 Å². The van der Waals surface area contributed by atoms with Crippen molar-refractivity contribution >= 4 is 35.7 Å². The Morgan fingerprint density at radius 3 is 2.58 bits per heavy atom. The van der Waals surface area contributed by atoms with Crippen LogP contribution in [0.1, 0.15) is 19.8 Å². The van der Waals surface area contributed by atoms with Gasteiger partial charge in [-0.2, -0.15) is 0 Å². The highest BCUT2D eigenvalue weighted by Gasteiger charge is 2.18. The van der Waals surface area contributed by atoms with Gasteiger partial charge < -0.3 is 15.2 Å². The first-order chi connectivity index (χ1) is 10.9. The van der Waals surface area contributed by atoms with E-state index in [-0.39, 0.29) is 36.1 Å². The third-order valence-electron chi connectivity index (χ3n) is 3.05. The lowest BCUT2D eigenvalue weighted by Gasteiger charge is -2.14. The maximum Gasteiger partial charge on any atom is 0.320 e. The number of carboxylic acids is 1. The minimum atomic E-state index is -1.02. The Bertz CT molecular complexity index is 596. The lowest BCUT2D eigenvalue weighted by atomic mass is 10.1. The number of benzene rings is 1. The average molecular weight is 362 g/mol. The van der Waals surface area contributed by atoms with Crippen molar-refractivity contribution in [3.8, 4) is 5.75 Å². The molecular formula is C14H20ClN3O6. The van der Waals surface area contributed by atoms with Crippen LogP contribution in [-0.2, 0) is 9.59 Å². The SMILES string of the molecule is CCCC(NCC(=O)Nc1ccc([N+](=O)[O-])cc1OC)C(=O)O.Cl. The Morgan fingerprint density at radius 1 is 1.42 bits per heavy atom. The van der Waals surface area contributed by atoms with Gasteiger partial charge in [0.1, 0.15) is 11.8 Å². The molecule has 1 atom stereocenters. The number of amides is 1. The van der Waals surface area contributed by atoms with Crippen LogP contribution < -0.4 is 15.4 Å². The van der Waals surface area contributed by atoms with Gasteiger partial charge in [0.2, 0.25) is 5.91 Å². The molecule has 1 aromatic carbocycles. The maximum absolute atomic E-state index is 11.9. The molecule has 0 aromatic heterocycles. The Balaban J connectivity index is 0.00000529. The predicted molar refractivity (Wildman–Crippen MR) is 89.9 cm³/mol. The number of nitrogens with one attached hydrogen (secondary N) is 2. The van der Waals surface area contributed by atoms with E-state index < -0.39 is 22.8 Å². The van der Waals surface area contributed by atoms with Crippen molar-refractivity contribution in [1.29, 1.82) is 0 Å². The van der Waals surface area contributed by atoms with Gasteiger partial charge >= 0.3 is 5.97 Å². The standard InChI is InChI=1S/C14H19N3O6.ClH/c1-3-4-11(14(19)20)15-8-13(18)16-10-6-5-9(17(21)22)7-12(10)23-2;/h5-7,11,15H,3-4,8H2,1-2H3,(H,16,18)(H,19,20);1H. The van der Waals surface area contributed by atoms with Crippen molar-refractivity contribution < 1.29 is 24.4 Å². The lowest BCUT2D eigenvalue weighted by molar-refractivity contribution is -0.384. The number of hydrogen-bond acceptors (Lipinski definition) is 6. The largest absolute Gasteiger partial charge is 0.494 e. The number of methoxy groups -OCH3 is 1.